The van der Waals surface area contributed by atoms with Crippen molar-refractivity contribution in [2.75, 3.05) is 0 Å². The molecule has 1 aromatic carbocycles. The smallest absolute Gasteiger partial charge is 0.176 e. The minimum absolute atomic E-state index is 0. The molecular formula is C9H6ClNNaO. The Morgan fingerprint density at radius 3 is 2.77 bits per heavy atom. The molecule has 0 saturated carbocycles. The van der Waals surface area contributed by atoms with Crippen LogP contribution in [0.5, 0.6) is 0 Å². The molecule has 0 bridgehead atoms. The average molecular weight is 203 g/mol. The molecule has 0 heterocycles. The Morgan fingerprint density at radius 2 is 2.23 bits per heavy atom. The number of hydrogen-bond acceptors (Lipinski definition) is 2. The molecule has 13 heavy (non-hydrogen) atoms. The molecule has 0 aliphatic rings. The normalized spacial score (nSPS) is 8.31. The van der Waals surface area contributed by atoms with Crippen molar-refractivity contribution in [2.24, 2.45) is 0 Å². The van der Waals surface area contributed by atoms with Gasteiger partial charge in [0, 0.05) is 40.1 Å². The summed E-state index contributed by atoms with van der Waals surface area (Å²) in [5.74, 6) is -0.194. The maximum atomic E-state index is 11.1. The van der Waals surface area contributed by atoms with Crippen molar-refractivity contribution < 1.29 is 4.79 Å². The number of halogens is 1. The van der Waals surface area contributed by atoms with E-state index in [9.17, 15) is 4.79 Å². The van der Waals surface area contributed by atoms with Crippen molar-refractivity contribution in [1.29, 1.82) is 5.26 Å². The predicted molar refractivity (Wildman–Crippen MR) is 51.8 cm³/mol. The Kier molecular flexibility index (Phi) is 6.02. The molecule has 1 aromatic rings. The molecule has 0 fully saturated rings. The molecule has 0 aliphatic heterocycles. The van der Waals surface area contributed by atoms with Gasteiger partial charge in [0.05, 0.1) is 12.5 Å². The van der Waals surface area contributed by atoms with E-state index in [0.29, 0.717) is 10.6 Å². The van der Waals surface area contributed by atoms with E-state index in [2.05, 4.69) is 0 Å². The van der Waals surface area contributed by atoms with E-state index in [1.807, 2.05) is 0 Å². The quantitative estimate of drug-likeness (QED) is 0.544. The Hall–Kier alpha value is -0.330. The van der Waals surface area contributed by atoms with E-state index in [1.165, 1.54) is 0 Å². The summed E-state index contributed by atoms with van der Waals surface area (Å²) in [6, 6.07) is 8.37. The topological polar surface area (TPSA) is 40.9 Å². The Labute approximate surface area is 104 Å². The van der Waals surface area contributed by atoms with Gasteiger partial charge in [-0.05, 0) is 12.1 Å². The van der Waals surface area contributed by atoms with Gasteiger partial charge in [0.2, 0.25) is 0 Å². The van der Waals surface area contributed by atoms with Crippen molar-refractivity contribution in [2.45, 2.75) is 6.42 Å². The number of hydrogen-bond donors (Lipinski definition) is 0. The zero-order valence-electron chi connectivity index (χ0n) is 7.25. The molecule has 0 saturated heterocycles. The second-order valence-electron chi connectivity index (χ2n) is 2.27. The summed E-state index contributed by atoms with van der Waals surface area (Å²) in [5, 5.41) is 8.78. The van der Waals surface area contributed by atoms with E-state index in [4.69, 9.17) is 16.9 Å². The van der Waals surface area contributed by atoms with Crippen LogP contribution in [0.15, 0.2) is 24.3 Å². The molecule has 0 aliphatic carbocycles. The first kappa shape index (κ1) is 12.7. The second kappa shape index (κ2) is 6.17. The molecule has 0 amide bonds. The molecule has 61 valence electrons. The fourth-order valence-electron chi connectivity index (χ4n) is 0.836. The minimum atomic E-state index is -0.194. The van der Waals surface area contributed by atoms with E-state index < -0.39 is 0 Å². The van der Waals surface area contributed by atoms with Gasteiger partial charge in [-0.25, -0.2) is 0 Å². The number of rotatable bonds is 2. The van der Waals surface area contributed by atoms with Crippen LogP contribution >= 0.6 is 11.6 Å². The SMILES string of the molecule is N#CCC(=O)c1cccc(Cl)c1.[Na]. The summed E-state index contributed by atoms with van der Waals surface area (Å²) in [5.41, 5.74) is 0.490. The molecule has 0 spiro atoms. The van der Waals surface area contributed by atoms with Crippen LogP contribution in [0.1, 0.15) is 16.8 Å². The van der Waals surface area contributed by atoms with Crippen molar-refractivity contribution in [3.8, 4) is 6.07 Å². The number of ketones is 1. The Bertz CT molecular complexity index is 346. The minimum Gasteiger partial charge on any atom is -0.293 e. The van der Waals surface area contributed by atoms with Gasteiger partial charge >= 0.3 is 0 Å². The summed E-state index contributed by atoms with van der Waals surface area (Å²) < 4.78 is 0. The number of nitrogens with zero attached hydrogens (tertiary/aromatic N) is 1. The standard InChI is InChI=1S/C9H6ClNO.Na/c10-8-3-1-2-7(6-8)9(12)4-5-11;/h1-3,6H,4H2;. The number of carbonyl (C=O) groups excluding carboxylic acids is 1. The monoisotopic (exact) mass is 202 g/mol. The summed E-state index contributed by atoms with van der Waals surface area (Å²) in [7, 11) is 0. The van der Waals surface area contributed by atoms with Crippen LogP contribution < -0.4 is 0 Å². The zero-order chi connectivity index (χ0) is 8.97. The number of carbonyl (C=O) groups is 1. The Morgan fingerprint density at radius 1 is 1.54 bits per heavy atom. The van der Waals surface area contributed by atoms with E-state index in [0.717, 1.165) is 0 Å². The second-order valence-corrected chi connectivity index (χ2v) is 2.70. The fraction of sp³-hybridized carbons (Fsp3) is 0.111. The summed E-state index contributed by atoms with van der Waals surface area (Å²) in [4.78, 5) is 11.1. The van der Waals surface area contributed by atoms with Gasteiger partial charge in [0.25, 0.3) is 0 Å². The van der Waals surface area contributed by atoms with Crippen molar-refractivity contribution in [3.05, 3.63) is 34.9 Å². The van der Waals surface area contributed by atoms with Gasteiger partial charge in [-0.1, -0.05) is 23.7 Å². The van der Waals surface area contributed by atoms with Gasteiger partial charge in [0.1, 0.15) is 0 Å². The van der Waals surface area contributed by atoms with Crippen LogP contribution in [-0.2, 0) is 0 Å². The molecule has 0 unspecified atom stereocenters. The molecule has 0 aromatic heterocycles. The maximum absolute atomic E-state index is 11.1. The predicted octanol–water partition coefficient (Wildman–Crippen LogP) is 2.06. The molecule has 0 N–H and O–H groups in total. The van der Waals surface area contributed by atoms with Crippen molar-refractivity contribution >= 4 is 46.9 Å². The van der Waals surface area contributed by atoms with Gasteiger partial charge < -0.3 is 0 Å². The first-order valence-corrected chi connectivity index (χ1v) is 3.77. The molecular weight excluding hydrogens is 197 g/mol. The summed E-state index contributed by atoms with van der Waals surface area (Å²) in [6.45, 7) is 0. The largest absolute Gasteiger partial charge is 0.293 e. The van der Waals surface area contributed by atoms with Gasteiger partial charge in [-0.15, -0.1) is 0 Å². The van der Waals surface area contributed by atoms with Crippen LogP contribution in [-0.4, -0.2) is 35.3 Å². The third-order valence-corrected chi connectivity index (χ3v) is 1.62. The molecule has 2 nitrogen and oxygen atoms in total. The van der Waals surface area contributed by atoms with Crippen LogP contribution in [0.2, 0.25) is 5.02 Å². The van der Waals surface area contributed by atoms with Gasteiger partial charge in [0.15, 0.2) is 5.78 Å². The van der Waals surface area contributed by atoms with Crippen molar-refractivity contribution in [1.82, 2.24) is 0 Å². The summed E-state index contributed by atoms with van der Waals surface area (Å²) in [6.07, 6.45) is -0.0969. The van der Waals surface area contributed by atoms with Crippen LogP contribution in [0.4, 0.5) is 0 Å². The first-order chi connectivity index (χ1) is 5.74. The molecule has 4 heteroatoms. The maximum Gasteiger partial charge on any atom is 0.176 e. The molecule has 0 atom stereocenters. The number of benzene rings is 1. The third-order valence-electron chi connectivity index (χ3n) is 1.39. The van der Waals surface area contributed by atoms with Crippen molar-refractivity contribution in [3.63, 3.8) is 0 Å². The number of Topliss-reactive ketones (excluding diaryl/α,β-unsaturated/α-hetero) is 1. The summed E-state index contributed by atoms with van der Waals surface area (Å²) >= 11 is 5.65. The van der Waals surface area contributed by atoms with Gasteiger partial charge in [-0.2, -0.15) is 5.26 Å². The van der Waals surface area contributed by atoms with E-state index in [1.54, 1.807) is 30.3 Å². The zero-order valence-corrected chi connectivity index (χ0v) is 10.0. The molecule has 1 radical (unpaired) electrons. The fourth-order valence-corrected chi connectivity index (χ4v) is 1.03. The number of nitriles is 1. The van der Waals surface area contributed by atoms with Crippen LogP contribution in [0.3, 0.4) is 0 Å². The Balaban J connectivity index is 0.00000144. The van der Waals surface area contributed by atoms with E-state index in [-0.39, 0.29) is 41.8 Å². The van der Waals surface area contributed by atoms with Crippen LogP contribution in [0.25, 0.3) is 0 Å². The van der Waals surface area contributed by atoms with Gasteiger partial charge in [-0.3, -0.25) is 4.79 Å². The first-order valence-electron chi connectivity index (χ1n) is 3.40. The third kappa shape index (κ3) is 3.93. The van der Waals surface area contributed by atoms with E-state index >= 15 is 0 Å². The average Bonchev–Trinajstić information content (AvgIpc) is 2.05. The molecule has 1 rings (SSSR count). The van der Waals surface area contributed by atoms with Crippen LogP contribution in [0, 0.1) is 11.3 Å².